The minimum atomic E-state index is 0.254. The zero-order valence-corrected chi connectivity index (χ0v) is 11.8. The summed E-state index contributed by atoms with van der Waals surface area (Å²) in [5.74, 6) is 1.07. The summed E-state index contributed by atoms with van der Waals surface area (Å²) < 4.78 is 6.96. The second-order valence-electron chi connectivity index (χ2n) is 4.57. The fourth-order valence-corrected chi connectivity index (χ4v) is 2.10. The van der Waals surface area contributed by atoms with Crippen LogP contribution in [0.2, 0.25) is 0 Å². The summed E-state index contributed by atoms with van der Waals surface area (Å²) in [7, 11) is 1.64. The molecule has 0 aliphatic rings. The van der Waals surface area contributed by atoms with Gasteiger partial charge in [0.05, 0.1) is 24.2 Å². The van der Waals surface area contributed by atoms with Crippen LogP contribution < -0.4 is 10.5 Å². The third-order valence-electron chi connectivity index (χ3n) is 3.19. The lowest BCUT2D eigenvalue weighted by atomic mass is 10.2. The largest absolute Gasteiger partial charge is 0.497 e. The fraction of sp³-hybridized carbons (Fsp3) is 0.133. The van der Waals surface area contributed by atoms with Crippen LogP contribution in [0.5, 0.6) is 5.75 Å². The smallest absolute Gasteiger partial charge is 0.220 e. The van der Waals surface area contributed by atoms with Crippen LogP contribution in [0.25, 0.3) is 16.9 Å². The van der Waals surface area contributed by atoms with E-state index in [0.29, 0.717) is 0 Å². The highest BCUT2D eigenvalue weighted by Gasteiger charge is 2.10. The summed E-state index contributed by atoms with van der Waals surface area (Å²) in [6.07, 6.45) is 3.57. The zero-order chi connectivity index (χ0) is 14.8. The molecule has 3 rings (SSSR count). The van der Waals surface area contributed by atoms with Gasteiger partial charge in [0.25, 0.3) is 0 Å². The summed E-state index contributed by atoms with van der Waals surface area (Å²) in [6.45, 7) is 1.94. The predicted molar refractivity (Wildman–Crippen MR) is 80.3 cm³/mol. The van der Waals surface area contributed by atoms with Crippen LogP contribution >= 0.6 is 0 Å². The average molecular weight is 281 g/mol. The first-order valence-corrected chi connectivity index (χ1v) is 6.47. The van der Waals surface area contributed by atoms with Crippen molar-refractivity contribution in [2.24, 2.45) is 0 Å². The van der Waals surface area contributed by atoms with Gasteiger partial charge in [-0.15, -0.1) is 0 Å². The van der Waals surface area contributed by atoms with E-state index >= 15 is 0 Å². The van der Waals surface area contributed by atoms with Gasteiger partial charge < -0.3 is 10.5 Å². The Bertz CT molecular complexity index is 764. The van der Waals surface area contributed by atoms with Crippen LogP contribution in [0, 0.1) is 6.92 Å². The zero-order valence-electron chi connectivity index (χ0n) is 11.8. The second-order valence-corrected chi connectivity index (χ2v) is 4.57. The number of anilines is 1. The molecule has 0 unspecified atom stereocenters. The maximum atomic E-state index is 5.63. The van der Waals surface area contributed by atoms with Crippen LogP contribution in [0.1, 0.15) is 5.69 Å². The molecule has 6 heteroatoms. The van der Waals surface area contributed by atoms with Gasteiger partial charge in [-0.3, -0.25) is 0 Å². The van der Waals surface area contributed by atoms with Gasteiger partial charge in [-0.25, -0.2) is 14.6 Å². The molecule has 0 saturated carbocycles. The molecule has 2 N–H and O–H groups in total. The first kappa shape index (κ1) is 13.1. The molecule has 0 atom stereocenters. The molecule has 6 nitrogen and oxygen atoms in total. The number of aromatic nitrogens is 4. The van der Waals surface area contributed by atoms with Crippen LogP contribution in [0.15, 0.2) is 42.7 Å². The molecule has 21 heavy (non-hydrogen) atoms. The second kappa shape index (κ2) is 5.24. The molecule has 0 saturated heterocycles. The van der Waals surface area contributed by atoms with Gasteiger partial charge in [-0.05, 0) is 37.3 Å². The van der Waals surface area contributed by atoms with E-state index in [9.17, 15) is 0 Å². The summed E-state index contributed by atoms with van der Waals surface area (Å²) in [6, 6.07) is 9.51. The number of hydrogen-bond donors (Lipinski definition) is 1. The fourth-order valence-electron chi connectivity index (χ4n) is 2.10. The number of nitrogens with zero attached hydrogens (tertiary/aromatic N) is 4. The summed E-state index contributed by atoms with van der Waals surface area (Å²) in [4.78, 5) is 8.14. The Morgan fingerprint density at radius 1 is 1.14 bits per heavy atom. The van der Waals surface area contributed by atoms with Crippen molar-refractivity contribution in [3.63, 3.8) is 0 Å². The Kier molecular flexibility index (Phi) is 3.27. The lowest BCUT2D eigenvalue weighted by molar-refractivity contribution is 0.414. The van der Waals surface area contributed by atoms with Crippen molar-refractivity contribution in [3.05, 3.63) is 48.4 Å². The minimum Gasteiger partial charge on any atom is -0.497 e. The van der Waals surface area contributed by atoms with Gasteiger partial charge in [0.2, 0.25) is 5.95 Å². The molecular weight excluding hydrogens is 266 g/mol. The molecule has 0 bridgehead atoms. The Morgan fingerprint density at radius 2 is 1.90 bits per heavy atom. The quantitative estimate of drug-likeness (QED) is 0.796. The molecule has 3 aromatic rings. The molecule has 106 valence electrons. The maximum Gasteiger partial charge on any atom is 0.220 e. The first-order chi connectivity index (χ1) is 10.2. The van der Waals surface area contributed by atoms with Crippen molar-refractivity contribution in [1.29, 1.82) is 0 Å². The van der Waals surface area contributed by atoms with Crippen molar-refractivity contribution in [2.45, 2.75) is 6.92 Å². The summed E-state index contributed by atoms with van der Waals surface area (Å²) in [5.41, 5.74) is 9.16. The van der Waals surface area contributed by atoms with Gasteiger partial charge in [-0.2, -0.15) is 5.10 Å². The standard InChI is InChI=1S/C15H15N5O/c1-10-13(14-7-8-17-15(16)18-14)9-20(19-10)11-3-5-12(21-2)6-4-11/h3-9H,1-2H3,(H2,16,17,18). The molecular formula is C15H15N5O. The lowest BCUT2D eigenvalue weighted by Crippen LogP contribution is -1.95. The Balaban J connectivity index is 2.00. The SMILES string of the molecule is COc1ccc(-n2cc(-c3ccnc(N)n3)c(C)n2)cc1. The van der Waals surface area contributed by atoms with Crippen LogP contribution in [-0.2, 0) is 0 Å². The monoisotopic (exact) mass is 281 g/mol. The Labute approximate surface area is 122 Å². The number of methoxy groups -OCH3 is 1. The number of hydrogen-bond acceptors (Lipinski definition) is 5. The minimum absolute atomic E-state index is 0.254. The van der Waals surface area contributed by atoms with E-state index < -0.39 is 0 Å². The van der Waals surface area contributed by atoms with E-state index in [1.807, 2.05) is 48.1 Å². The van der Waals surface area contributed by atoms with Crippen molar-refractivity contribution in [2.75, 3.05) is 12.8 Å². The highest BCUT2D eigenvalue weighted by molar-refractivity contribution is 5.62. The van der Waals surface area contributed by atoms with E-state index in [0.717, 1.165) is 28.4 Å². The van der Waals surface area contributed by atoms with Gasteiger partial charge in [-0.1, -0.05) is 0 Å². The maximum absolute atomic E-state index is 5.63. The number of ether oxygens (including phenoxy) is 1. The number of nitrogens with two attached hydrogens (primary N) is 1. The van der Waals surface area contributed by atoms with Crippen LogP contribution in [0.4, 0.5) is 5.95 Å². The summed E-state index contributed by atoms with van der Waals surface area (Å²) >= 11 is 0. The third kappa shape index (κ3) is 2.55. The number of nitrogen functional groups attached to an aromatic ring is 1. The molecule has 0 spiro atoms. The van der Waals surface area contributed by atoms with E-state index in [1.165, 1.54) is 0 Å². The van der Waals surface area contributed by atoms with Gasteiger partial charge in [0.15, 0.2) is 0 Å². The van der Waals surface area contributed by atoms with Crippen LogP contribution in [0.3, 0.4) is 0 Å². The summed E-state index contributed by atoms with van der Waals surface area (Å²) in [5, 5.41) is 4.52. The van der Waals surface area contributed by atoms with Crippen LogP contribution in [-0.4, -0.2) is 26.9 Å². The average Bonchev–Trinajstić information content (AvgIpc) is 2.89. The van der Waals surface area contributed by atoms with Crippen molar-refractivity contribution < 1.29 is 4.74 Å². The number of benzene rings is 1. The molecule has 0 aliphatic carbocycles. The Hall–Kier alpha value is -2.89. The van der Waals surface area contributed by atoms with Crippen molar-refractivity contribution >= 4 is 5.95 Å². The normalized spacial score (nSPS) is 10.6. The van der Waals surface area contributed by atoms with E-state index in [-0.39, 0.29) is 5.95 Å². The third-order valence-corrected chi connectivity index (χ3v) is 3.19. The van der Waals surface area contributed by atoms with Crippen molar-refractivity contribution in [1.82, 2.24) is 19.7 Å². The molecule has 2 heterocycles. The first-order valence-electron chi connectivity index (χ1n) is 6.47. The highest BCUT2D eigenvalue weighted by atomic mass is 16.5. The molecule has 2 aromatic heterocycles. The molecule has 0 radical (unpaired) electrons. The molecule has 0 amide bonds. The molecule has 0 fully saturated rings. The highest BCUT2D eigenvalue weighted by Crippen LogP contribution is 2.23. The number of rotatable bonds is 3. The van der Waals surface area contributed by atoms with Gasteiger partial charge >= 0.3 is 0 Å². The van der Waals surface area contributed by atoms with E-state index in [4.69, 9.17) is 10.5 Å². The predicted octanol–water partition coefficient (Wildman–Crippen LogP) is 2.23. The van der Waals surface area contributed by atoms with Crippen molar-refractivity contribution in [3.8, 4) is 22.7 Å². The van der Waals surface area contributed by atoms with E-state index in [1.54, 1.807) is 13.3 Å². The van der Waals surface area contributed by atoms with Gasteiger partial charge in [0.1, 0.15) is 5.75 Å². The number of aryl methyl sites for hydroxylation is 1. The Morgan fingerprint density at radius 3 is 2.57 bits per heavy atom. The molecule has 1 aromatic carbocycles. The van der Waals surface area contributed by atoms with Gasteiger partial charge in [0, 0.05) is 18.0 Å². The lowest BCUT2D eigenvalue weighted by Gasteiger charge is -2.03. The topological polar surface area (TPSA) is 78.9 Å². The molecule has 0 aliphatic heterocycles. The van der Waals surface area contributed by atoms with E-state index in [2.05, 4.69) is 15.1 Å².